The SMILES string of the molecule is COC(=O)c1cccc(S(=O)(=O)NC(c2nc(-c3ccncc3)no2)C(C)C)c1. The van der Waals surface area contributed by atoms with Crippen LogP contribution in [0.3, 0.4) is 0 Å². The van der Waals surface area contributed by atoms with Crippen LogP contribution in [0.1, 0.15) is 36.1 Å². The molecular formula is C19H20N4O5S. The van der Waals surface area contributed by atoms with Gasteiger partial charge in [-0.1, -0.05) is 25.1 Å². The van der Waals surface area contributed by atoms with E-state index >= 15 is 0 Å². The Hall–Kier alpha value is -3.11. The lowest BCUT2D eigenvalue weighted by Gasteiger charge is -2.18. The largest absolute Gasteiger partial charge is 0.465 e. The van der Waals surface area contributed by atoms with Crippen molar-refractivity contribution in [2.24, 2.45) is 5.92 Å². The number of methoxy groups -OCH3 is 1. The summed E-state index contributed by atoms with van der Waals surface area (Å²) < 4.78 is 38.4. The van der Waals surface area contributed by atoms with Gasteiger partial charge >= 0.3 is 5.97 Å². The van der Waals surface area contributed by atoms with E-state index in [1.165, 1.54) is 31.4 Å². The van der Waals surface area contributed by atoms with Gasteiger partial charge in [0, 0.05) is 18.0 Å². The van der Waals surface area contributed by atoms with E-state index in [1.807, 2.05) is 13.8 Å². The highest BCUT2D eigenvalue weighted by molar-refractivity contribution is 7.89. The zero-order valence-electron chi connectivity index (χ0n) is 16.1. The lowest BCUT2D eigenvalue weighted by molar-refractivity contribution is 0.0600. The number of hydrogen-bond donors (Lipinski definition) is 1. The van der Waals surface area contributed by atoms with Crippen molar-refractivity contribution >= 4 is 16.0 Å². The van der Waals surface area contributed by atoms with Gasteiger partial charge in [-0.3, -0.25) is 4.98 Å². The van der Waals surface area contributed by atoms with Crippen LogP contribution < -0.4 is 4.72 Å². The number of aromatic nitrogens is 3. The summed E-state index contributed by atoms with van der Waals surface area (Å²) in [5.74, 6) is -0.333. The molecule has 0 saturated carbocycles. The molecule has 152 valence electrons. The second-order valence-electron chi connectivity index (χ2n) is 6.55. The van der Waals surface area contributed by atoms with Crippen LogP contribution in [0.5, 0.6) is 0 Å². The molecule has 10 heteroatoms. The molecule has 0 fully saturated rings. The van der Waals surface area contributed by atoms with Crippen LogP contribution in [0.15, 0.2) is 58.2 Å². The number of carbonyl (C=O) groups excluding carboxylic acids is 1. The lowest BCUT2D eigenvalue weighted by Crippen LogP contribution is -2.32. The van der Waals surface area contributed by atoms with Crippen LogP contribution in [0.2, 0.25) is 0 Å². The third-order valence-corrected chi connectivity index (χ3v) is 5.60. The minimum atomic E-state index is -3.97. The molecule has 1 unspecified atom stereocenters. The molecule has 0 saturated heterocycles. The molecule has 2 aromatic heterocycles. The Kier molecular flexibility index (Phi) is 6.04. The number of carbonyl (C=O) groups is 1. The Balaban J connectivity index is 1.89. The number of benzene rings is 1. The Morgan fingerprint density at radius 3 is 2.55 bits per heavy atom. The van der Waals surface area contributed by atoms with E-state index in [-0.39, 0.29) is 22.3 Å². The lowest BCUT2D eigenvalue weighted by atomic mass is 10.1. The van der Waals surface area contributed by atoms with Gasteiger partial charge < -0.3 is 9.26 Å². The average molecular weight is 416 g/mol. The smallest absolute Gasteiger partial charge is 0.337 e. The number of hydrogen-bond acceptors (Lipinski definition) is 8. The Bertz CT molecular complexity index is 1100. The molecule has 29 heavy (non-hydrogen) atoms. The van der Waals surface area contributed by atoms with Gasteiger partial charge in [-0.15, -0.1) is 0 Å². The maximum absolute atomic E-state index is 12.9. The molecule has 0 aliphatic carbocycles. The third kappa shape index (κ3) is 4.66. The Labute approximate surface area is 168 Å². The molecule has 3 aromatic rings. The highest BCUT2D eigenvalue weighted by Gasteiger charge is 2.29. The van der Waals surface area contributed by atoms with Gasteiger partial charge in [0.25, 0.3) is 0 Å². The predicted octanol–water partition coefficient (Wildman–Crippen LogP) is 2.59. The molecule has 1 aromatic carbocycles. The molecular weight excluding hydrogens is 396 g/mol. The van der Waals surface area contributed by atoms with Crippen molar-refractivity contribution in [1.29, 1.82) is 0 Å². The first-order chi connectivity index (χ1) is 13.8. The van der Waals surface area contributed by atoms with Crippen LogP contribution in [0.4, 0.5) is 0 Å². The van der Waals surface area contributed by atoms with E-state index in [0.717, 1.165) is 0 Å². The van der Waals surface area contributed by atoms with Gasteiger partial charge in [-0.05, 0) is 36.2 Å². The van der Waals surface area contributed by atoms with Crippen molar-refractivity contribution in [2.75, 3.05) is 7.11 Å². The molecule has 0 bridgehead atoms. The van der Waals surface area contributed by atoms with Gasteiger partial charge in [0.05, 0.1) is 17.6 Å². The number of nitrogens with one attached hydrogen (secondary N) is 1. The number of nitrogens with zero attached hydrogens (tertiary/aromatic N) is 3. The zero-order chi connectivity index (χ0) is 21.0. The van der Waals surface area contributed by atoms with E-state index in [1.54, 1.807) is 24.5 Å². The Morgan fingerprint density at radius 2 is 1.90 bits per heavy atom. The van der Waals surface area contributed by atoms with Crippen molar-refractivity contribution in [1.82, 2.24) is 19.8 Å². The molecule has 0 spiro atoms. The number of esters is 1. The van der Waals surface area contributed by atoms with Gasteiger partial charge in [-0.2, -0.15) is 9.71 Å². The number of sulfonamides is 1. The molecule has 0 aliphatic rings. The number of ether oxygens (including phenoxy) is 1. The van der Waals surface area contributed by atoms with Crippen molar-refractivity contribution in [3.63, 3.8) is 0 Å². The summed E-state index contributed by atoms with van der Waals surface area (Å²) >= 11 is 0. The van der Waals surface area contributed by atoms with E-state index < -0.39 is 22.0 Å². The summed E-state index contributed by atoms with van der Waals surface area (Å²) in [6.07, 6.45) is 3.20. The molecule has 9 nitrogen and oxygen atoms in total. The predicted molar refractivity (Wildman–Crippen MR) is 103 cm³/mol. The second kappa shape index (κ2) is 8.50. The maximum atomic E-state index is 12.9. The van der Waals surface area contributed by atoms with Crippen molar-refractivity contribution in [3.8, 4) is 11.4 Å². The average Bonchev–Trinajstić information content (AvgIpc) is 3.22. The van der Waals surface area contributed by atoms with Gasteiger partial charge in [0.2, 0.25) is 21.7 Å². The fourth-order valence-electron chi connectivity index (χ4n) is 2.59. The van der Waals surface area contributed by atoms with Gasteiger partial charge in [-0.25, -0.2) is 13.2 Å². The topological polar surface area (TPSA) is 124 Å². The third-order valence-electron chi connectivity index (χ3n) is 4.16. The van der Waals surface area contributed by atoms with E-state index in [9.17, 15) is 13.2 Å². The molecule has 0 radical (unpaired) electrons. The highest BCUT2D eigenvalue weighted by Crippen LogP contribution is 2.25. The first kappa shape index (κ1) is 20.6. The van der Waals surface area contributed by atoms with E-state index in [2.05, 4.69) is 24.6 Å². The van der Waals surface area contributed by atoms with Crippen molar-refractivity contribution in [3.05, 3.63) is 60.2 Å². The van der Waals surface area contributed by atoms with Crippen LogP contribution in [0.25, 0.3) is 11.4 Å². The second-order valence-corrected chi connectivity index (χ2v) is 8.27. The molecule has 1 N–H and O–H groups in total. The minimum absolute atomic E-state index is 0.0695. The molecule has 3 rings (SSSR count). The molecule has 1 atom stereocenters. The minimum Gasteiger partial charge on any atom is -0.465 e. The normalized spacial score (nSPS) is 12.7. The van der Waals surface area contributed by atoms with Crippen LogP contribution >= 0.6 is 0 Å². The summed E-state index contributed by atoms with van der Waals surface area (Å²) in [5.41, 5.74) is 0.834. The monoisotopic (exact) mass is 416 g/mol. The summed E-state index contributed by atoms with van der Waals surface area (Å²) in [6.45, 7) is 3.66. The van der Waals surface area contributed by atoms with Gasteiger partial charge in [0.1, 0.15) is 6.04 Å². The first-order valence-electron chi connectivity index (χ1n) is 8.76. The van der Waals surface area contributed by atoms with Crippen LogP contribution in [-0.2, 0) is 14.8 Å². The van der Waals surface area contributed by atoms with Crippen LogP contribution in [-0.4, -0.2) is 36.6 Å². The molecule has 0 amide bonds. The summed E-state index contributed by atoms with van der Waals surface area (Å²) in [5, 5.41) is 3.93. The summed E-state index contributed by atoms with van der Waals surface area (Å²) in [7, 11) is -2.74. The highest BCUT2D eigenvalue weighted by atomic mass is 32.2. The first-order valence-corrected chi connectivity index (χ1v) is 10.2. The summed E-state index contributed by atoms with van der Waals surface area (Å²) in [6, 6.07) is 8.28. The number of rotatable bonds is 7. The Morgan fingerprint density at radius 1 is 1.17 bits per heavy atom. The quantitative estimate of drug-likeness (QED) is 0.583. The molecule has 2 heterocycles. The fourth-order valence-corrected chi connectivity index (χ4v) is 3.98. The summed E-state index contributed by atoms with van der Waals surface area (Å²) in [4.78, 5) is 19.9. The standard InChI is InChI=1S/C19H20N4O5S/c1-12(2)16(18-21-17(22-28-18)13-7-9-20-10-8-13)23-29(25,26)15-6-4-5-14(11-15)19(24)27-3/h4-12,16,23H,1-3H3. The number of pyridine rings is 1. The van der Waals surface area contributed by atoms with E-state index in [0.29, 0.717) is 11.4 Å². The maximum Gasteiger partial charge on any atom is 0.337 e. The van der Waals surface area contributed by atoms with Crippen LogP contribution in [0, 0.1) is 5.92 Å². The zero-order valence-corrected chi connectivity index (χ0v) is 16.9. The molecule has 0 aliphatic heterocycles. The van der Waals surface area contributed by atoms with E-state index in [4.69, 9.17) is 4.52 Å². The fraction of sp³-hybridized carbons (Fsp3) is 0.263. The van der Waals surface area contributed by atoms with Crippen molar-refractivity contribution < 1.29 is 22.5 Å². The van der Waals surface area contributed by atoms with Gasteiger partial charge in [0.15, 0.2) is 0 Å². The van der Waals surface area contributed by atoms with Crippen molar-refractivity contribution in [2.45, 2.75) is 24.8 Å².